The van der Waals surface area contributed by atoms with E-state index in [4.69, 9.17) is 15.7 Å². The van der Waals surface area contributed by atoms with Crippen LogP contribution in [0.2, 0.25) is 0 Å². The predicted molar refractivity (Wildman–Crippen MR) is 70.1 cm³/mol. The zero-order valence-corrected chi connectivity index (χ0v) is 11.5. The van der Waals surface area contributed by atoms with Crippen molar-refractivity contribution in [3.05, 3.63) is 0 Å². The summed E-state index contributed by atoms with van der Waals surface area (Å²) in [4.78, 5) is 27.6. The predicted octanol–water partition coefficient (Wildman–Crippen LogP) is -1.17. The average Bonchev–Trinajstić information content (AvgIpc) is 2.49. The SMILES string of the molecule is CN1CCN(C(=O)C2(C(N)=NO)CCOCC2)CC1=O. The minimum absolute atomic E-state index is 0.0383. The fraction of sp³-hybridized carbons (Fsp3) is 0.750. The molecule has 8 nitrogen and oxygen atoms in total. The van der Waals surface area contributed by atoms with E-state index in [0.717, 1.165) is 0 Å². The summed E-state index contributed by atoms with van der Waals surface area (Å²) >= 11 is 0. The van der Waals surface area contributed by atoms with Crippen molar-refractivity contribution < 1.29 is 19.5 Å². The van der Waals surface area contributed by atoms with Gasteiger partial charge in [0.25, 0.3) is 0 Å². The molecule has 2 saturated heterocycles. The number of hydrogen-bond donors (Lipinski definition) is 2. The quantitative estimate of drug-likeness (QED) is 0.287. The van der Waals surface area contributed by atoms with Crippen molar-refractivity contribution in [1.82, 2.24) is 9.80 Å². The number of likely N-dealkylation sites (N-methyl/N-ethyl adjacent to an activating group) is 1. The fourth-order valence-electron chi connectivity index (χ4n) is 2.63. The highest BCUT2D eigenvalue weighted by molar-refractivity contribution is 6.07. The molecule has 112 valence electrons. The molecule has 0 bridgehead atoms. The van der Waals surface area contributed by atoms with E-state index in [9.17, 15) is 9.59 Å². The van der Waals surface area contributed by atoms with Gasteiger partial charge in [-0.3, -0.25) is 9.59 Å². The van der Waals surface area contributed by atoms with Crippen LogP contribution in [0.3, 0.4) is 0 Å². The molecule has 0 aliphatic carbocycles. The average molecular weight is 284 g/mol. The summed E-state index contributed by atoms with van der Waals surface area (Å²) in [6.45, 7) is 1.75. The Labute approximate surface area is 117 Å². The highest BCUT2D eigenvalue weighted by Gasteiger charge is 2.47. The molecule has 2 aliphatic heterocycles. The van der Waals surface area contributed by atoms with Crippen molar-refractivity contribution in [2.45, 2.75) is 12.8 Å². The highest BCUT2D eigenvalue weighted by atomic mass is 16.5. The van der Waals surface area contributed by atoms with Crippen LogP contribution < -0.4 is 5.73 Å². The van der Waals surface area contributed by atoms with Gasteiger partial charge in [-0.15, -0.1) is 0 Å². The number of piperazine rings is 1. The minimum Gasteiger partial charge on any atom is -0.409 e. The first-order chi connectivity index (χ1) is 9.51. The maximum absolute atomic E-state index is 12.8. The Morgan fingerprint density at radius 2 is 2.05 bits per heavy atom. The molecule has 3 N–H and O–H groups in total. The number of amides is 2. The van der Waals surface area contributed by atoms with Gasteiger partial charge in [-0.2, -0.15) is 0 Å². The maximum Gasteiger partial charge on any atom is 0.241 e. The summed E-state index contributed by atoms with van der Waals surface area (Å²) < 4.78 is 5.26. The third-order valence-electron chi connectivity index (χ3n) is 4.10. The van der Waals surface area contributed by atoms with Gasteiger partial charge in [-0.1, -0.05) is 5.16 Å². The van der Waals surface area contributed by atoms with Crippen LogP contribution in [0.1, 0.15) is 12.8 Å². The number of carbonyl (C=O) groups excluding carboxylic acids is 2. The lowest BCUT2D eigenvalue weighted by molar-refractivity contribution is -0.151. The number of hydrogen-bond acceptors (Lipinski definition) is 5. The first-order valence-corrected chi connectivity index (χ1v) is 6.60. The Bertz CT molecular complexity index is 431. The monoisotopic (exact) mass is 284 g/mol. The molecule has 2 heterocycles. The summed E-state index contributed by atoms with van der Waals surface area (Å²) in [5, 5.41) is 12.0. The molecule has 0 unspecified atom stereocenters. The van der Waals surface area contributed by atoms with Gasteiger partial charge in [0.2, 0.25) is 11.8 Å². The Balaban J connectivity index is 2.21. The maximum atomic E-state index is 12.8. The molecule has 0 aromatic rings. The zero-order valence-electron chi connectivity index (χ0n) is 11.5. The van der Waals surface area contributed by atoms with Crippen molar-refractivity contribution >= 4 is 17.6 Å². The number of rotatable bonds is 2. The molecule has 8 heteroatoms. The van der Waals surface area contributed by atoms with Crippen molar-refractivity contribution in [3.8, 4) is 0 Å². The lowest BCUT2D eigenvalue weighted by Gasteiger charge is -2.40. The molecular weight excluding hydrogens is 264 g/mol. The summed E-state index contributed by atoms with van der Waals surface area (Å²) in [7, 11) is 1.71. The van der Waals surface area contributed by atoms with E-state index in [0.29, 0.717) is 39.1 Å². The van der Waals surface area contributed by atoms with Crippen molar-refractivity contribution in [2.24, 2.45) is 16.3 Å². The fourth-order valence-corrected chi connectivity index (χ4v) is 2.63. The van der Waals surface area contributed by atoms with Gasteiger partial charge in [0.1, 0.15) is 5.41 Å². The molecular formula is C12H20N4O4. The van der Waals surface area contributed by atoms with Crippen LogP contribution in [0.25, 0.3) is 0 Å². The van der Waals surface area contributed by atoms with E-state index < -0.39 is 5.41 Å². The minimum atomic E-state index is -1.05. The molecule has 0 saturated carbocycles. The molecule has 20 heavy (non-hydrogen) atoms. The Morgan fingerprint density at radius 1 is 1.40 bits per heavy atom. The second-order valence-corrected chi connectivity index (χ2v) is 5.22. The third-order valence-corrected chi connectivity index (χ3v) is 4.10. The van der Waals surface area contributed by atoms with Crippen LogP contribution in [0.15, 0.2) is 5.16 Å². The molecule has 0 atom stereocenters. The molecule has 2 aliphatic rings. The highest BCUT2D eigenvalue weighted by Crippen LogP contribution is 2.33. The van der Waals surface area contributed by atoms with E-state index in [1.807, 2.05) is 0 Å². The van der Waals surface area contributed by atoms with Gasteiger partial charge in [0.15, 0.2) is 5.84 Å². The van der Waals surface area contributed by atoms with Gasteiger partial charge in [-0.05, 0) is 12.8 Å². The molecule has 2 rings (SSSR count). The van der Waals surface area contributed by atoms with Gasteiger partial charge < -0.3 is 25.5 Å². The van der Waals surface area contributed by atoms with Crippen molar-refractivity contribution in [1.29, 1.82) is 0 Å². The van der Waals surface area contributed by atoms with Gasteiger partial charge in [-0.25, -0.2) is 0 Å². The topological polar surface area (TPSA) is 108 Å². The molecule has 0 aromatic carbocycles. The second-order valence-electron chi connectivity index (χ2n) is 5.22. The smallest absolute Gasteiger partial charge is 0.241 e. The second kappa shape index (κ2) is 5.66. The van der Waals surface area contributed by atoms with E-state index in [2.05, 4.69) is 5.16 Å². The largest absolute Gasteiger partial charge is 0.409 e. The number of carbonyl (C=O) groups is 2. The molecule has 0 spiro atoms. The van der Waals surface area contributed by atoms with Crippen LogP contribution in [0.4, 0.5) is 0 Å². The normalized spacial score (nSPS) is 23.9. The third kappa shape index (κ3) is 2.43. The van der Waals surface area contributed by atoms with Crippen LogP contribution in [0.5, 0.6) is 0 Å². The molecule has 2 amide bonds. The number of ether oxygens (including phenoxy) is 1. The Kier molecular flexibility index (Phi) is 4.12. The van der Waals surface area contributed by atoms with E-state index in [1.54, 1.807) is 11.9 Å². The molecule has 2 fully saturated rings. The van der Waals surface area contributed by atoms with Crippen LogP contribution in [-0.2, 0) is 14.3 Å². The van der Waals surface area contributed by atoms with Crippen molar-refractivity contribution in [3.63, 3.8) is 0 Å². The lowest BCUT2D eigenvalue weighted by Crippen LogP contribution is -2.59. The summed E-state index contributed by atoms with van der Waals surface area (Å²) in [5.41, 5.74) is 4.70. The first kappa shape index (κ1) is 14.6. The van der Waals surface area contributed by atoms with Crippen LogP contribution >= 0.6 is 0 Å². The van der Waals surface area contributed by atoms with Crippen LogP contribution in [0, 0.1) is 5.41 Å². The number of oxime groups is 1. The summed E-state index contributed by atoms with van der Waals surface area (Å²) in [6.07, 6.45) is 0.727. The van der Waals surface area contributed by atoms with E-state index in [-0.39, 0.29) is 24.2 Å². The zero-order chi connectivity index (χ0) is 14.8. The van der Waals surface area contributed by atoms with Crippen molar-refractivity contribution in [2.75, 3.05) is 39.9 Å². The van der Waals surface area contributed by atoms with E-state index in [1.165, 1.54) is 4.90 Å². The molecule has 0 aromatic heterocycles. The summed E-state index contributed by atoms with van der Waals surface area (Å²) in [5.74, 6) is -0.457. The van der Waals surface area contributed by atoms with Gasteiger partial charge in [0, 0.05) is 33.4 Å². The number of amidine groups is 1. The lowest BCUT2D eigenvalue weighted by atomic mass is 9.77. The molecule has 0 radical (unpaired) electrons. The van der Waals surface area contributed by atoms with Gasteiger partial charge >= 0.3 is 0 Å². The van der Waals surface area contributed by atoms with Gasteiger partial charge in [0.05, 0.1) is 6.54 Å². The van der Waals surface area contributed by atoms with Crippen LogP contribution in [-0.4, -0.2) is 72.6 Å². The standard InChI is InChI=1S/C12H20N4O4/c1-15-4-5-16(8-9(15)17)11(18)12(10(13)14-19)2-6-20-7-3-12/h19H,2-8H2,1H3,(H2,13,14). The Hall–Kier alpha value is -1.83. The number of nitrogens with zero attached hydrogens (tertiary/aromatic N) is 3. The number of nitrogens with two attached hydrogens (primary N) is 1. The first-order valence-electron chi connectivity index (χ1n) is 6.60. The summed E-state index contributed by atoms with van der Waals surface area (Å²) in [6, 6.07) is 0. The Morgan fingerprint density at radius 3 is 2.60 bits per heavy atom. The van der Waals surface area contributed by atoms with E-state index >= 15 is 0 Å².